The molecule has 4 nitrogen and oxygen atoms in total. The predicted octanol–water partition coefficient (Wildman–Crippen LogP) is 2.66. The minimum atomic E-state index is -0.0267. The second-order valence-electron chi connectivity index (χ2n) is 4.83. The van der Waals surface area contributed by atoms with Crippen molar-refractivity contribution < 1.29 is 9.59 Å². The van der Waals surface area contributed by atoms with E-state index in [1.807, 2.05) is 24.3 Å². The molecule has 0 saturated carbocycles. The number of carbonyl (C=O) groups excluding carboxylic acids is 2. The minimum absolute atomic E-state index is 0.0267. The average molecular weight is 297 g/mol. The Morgan fingerprint density at radius 2 is 1.80 bits per heavy atom. The molecule has 0 aliphatic rings. The summed E-state index contributed by atoms with van der Waals surface area (Å²) in [7, 11) is 3.50. The minimum Gasteiger partial charge on any atom is -0.349 e. The first-order valence-corrected chi connectivity index (χ1v) is 7.21. The lowest BCUT2D eigenvalue weighted by molar-refractivity contribution is -0.128. The predicted molar refractivity (Wildman–Crippen MR) is 82.0 cm³/mol. The number of benzene rings is 1. The van der Waals surface area contributed by atoms with E-state index in [1.54, 1.807) is 19.0 Å². The van der Waals surface area contributed by atoms with Gasteiger partial charge in [-0.3, -0.25) is 9.59 Å². The normalized spacial score (nSPS) is 10.2. The number of anilines is 1. The summed E-state index contributed by atoms with van der Waals surface area (Å²) >= 11 is 5.54. The molecule has 5 heteroatoms. The number of alkyl halides is 1. The quantitative estimate of drug-likeness (QED) is 0.787. The molecular weight excluding hydrogens is 276 g/mol. The van der Waals surface area contributed by atoms with Gasteiger partial charge in [-0.15, -0.1) is 11.6 Å². The van der Waals surface area contributed by atoms with Crippen LogP contribution < -0.4 is 5.32 Å². The summed E-state index contributed by atoms with van der Waals surface area (Å²) in [5.74, 6) is 0.580. The van der Waals surface area contributed by atoms with Gasteiger partial charge in [0.05, 0.1) is 0 Å². The van der Waals surface area contributed by atoms with Gasteiger partial charge in [-0.25, -0.2) is 0 Å². The molecule has 1 N–H and O–H groups in total. The Kier molecular flexibility index (Phi) is 7.09. The van der Waals surface area contributed by atoms with Crippen LogP contribution >= 0.6 is 11.6 Å². The van der Waals surface area contributed by atoms with Crippen LogP contribution in [0, 0.1) is 0 Å². The molecular formula is C15H21ClN2O2. The second-order valence-corrected chi connectivity index (χ2v) is 5.20. The van der Waals surface area contributed by atoms with Gasteiger partial charge < -0.3 is 10.2 Å². The third-order valence-electron chi connectivity index (χ3n) is 2.90. The third kappa shape index (κ3) is 6.06. The SMILES string of the molecule is CN(C)C(=O)CCc1ccc(NC(=O)CCCCl)cc1. The Bertz CT molecular complexity index is 444. The van der Waals surface area contributed by atoms with Crippen LogP contribution in [0.15, 0.2) is 24.3 Å². The van der Waals surface area contributed by atoms with E-state index in [4.69, 9.17) is 11.6 Å². The van der Waals surface area contributed by atoms with Gasteiger partial charge in [0.1, 0.15) is 0 Å². The zero-order valence-corrected chi connectivity index (χ0v) is 12.7. The van der Waals surface area contributed by atoms with Gasteiger partial charge in [0.15, 0.2) is 0 Å². The number of amides is 2. The van der Waals surface area contributed by atoms with E-state index in [0.29, 0.717) is 31.6 Å². The van der Waals surface area contributed by atoms with Gasteiger partial charge >= 0.3 is 0 Å². The van der Waals surface area contributed by atoms with Crippen molar-refractivity contribution in [3.8, 4) is 0 Å². The van der Waals surface area contributed by atoms with E-state index < -0.39 is 0 Å². The van der Waals surface area contributed by atoms with Crippen molar-refractivity contribution in [3.05, 3.63) is 29.8 Å². The van der Waals surface area contributed by atoms with Crippen LogP contribution in [0.25, 0.3) is 0 Å². The van der Waals surface area contributed by atoms with Crippen LogP contribution in [-0.2, 0) is 16.0 Å². The number of carbonyl (C=O) groups is 2. The van der Waals surface area contributed by atoms with Crippen LogP contribution in [0.4, 0.5) is 5.69 Å². The topological polar surface area (TPSA) is 49.4 Å². The molecule has 110 valence electrons. The zero-order valence-electron chi connectivity index (χ0n) is 12.0. The maximum Gasteiger partial charge on any atom is 0.224 e. The lowest BCUT2D eigenvalue weighted by Crippen LogP contribution is -2.21. The summed E-state index contributed by atoms with van der Waals surface area (Å²) in [5.41, 5.74) is 1.85. The molecule has 0 heterocycles. The molecule has 2 amide bonds. The monoisotopic (exact) mass is 296 g/mol. The summed E-state index contributed by atoms with van der Waals surface area (Å²) in [6.45, 7) is 0. The van der Waals surface area contributed by atoms with Crippen LogP contribution in [-0.4, -0.2) is 36.7 Å². The van der Waals surface area contributed by atoms with E-state index in [2.05, 4.69) is 5.32 Å². The Morgan fingerprint density at radius 3 is 2.35 bits per heavy atom. The Balaban J connectivity index is 2.44. The number of hydrogen-bond donors (Lipinski definition) is 1. The van der Waals surface area contributed by atoms with Gasteiger partial charge in [0.25, 0.3) is 0 Å². The van der Waals surface area contributed by atoms with Gasteiger partial charge in [-0.1, -0.05) is 12.1 Å². The molecule has 20 heavy (non-hydrogen) atoms. The molecule has 1 rings (SSSR count). The zero-order chi connectivity index (χ0) is 15.0. The van der Waals surface area contributed by atoms with Crippen LogP contribution in [0.3, 0.4) is 0 Å². The highest BCUT2D eigenvalue weighted by atomic mass is 35.5. The van der Waals surface area contributed by atoms with E-state index >= 15 is 0 Å². The highest BCUT2D eigenvalue weighted by Crippen LogP contribution is 2.12. The summed E-state index contributed by atoms with van der Waals surface area (Å²) in [5, 5.41) is 2.81. The Hall–Kier alpha value is -1.55. The number of hydrogen-bond acceptors (Lipinski definition) is 2. The van der Waals surface area contributed by atoms with Crippen molar-refractivity contribution in [1.29, 1.82) is 0 Å². The van der Waals surface area contributed by atoms with Gasteiger partial charge in [-0.2, -0.15) is 0 Å². The number of rotatable bonds is 7. The highest BCUT2D eigenvalue weighted by Gasteiger charge is 2.05. The fourth-order valence-electron chi connectivity index (χ4n) is 1.68. The van der Waals surface area contributed by atoms with Crippen molar-refractivity contribution in [2.45, 2.75) is 25.7 Å². The molecule has 1 aromatic carbocycles. The average Bonchev–Trinajstić information content (AvgIpc) is 2.43. The molecule has 0 fully saturated rings. The largest absolute Gasteiger partial charge is 0.349 e. The van der Waals surface area contributed by atoms with Crippen molar-refractivity contribution >= 4 is 29.1 Å². The molecule has 0 spiro atoms. The molecule has 0 bridgehead atoms. The lowest BCUT2D eigenvalue weighted by Gasteiger charge is -2.10. The Labute approximate surface area is 125 Å². The highest BCUT2D eigenvalue weighted by molar-refractivity contribution is 6.18. The second kappa shape index (κ2) is 8.59. The summed E-state index contributed by atoms with van der Waals surface area (Å²) < 4.78 is 0. The first-order valence-electron chi connectivity index (χ1n) is 6.68. The fraction of sp³-hybridized carbons (Fsp3) is 0.467. The number of aryl methyl sites for hydroxylation is 1. The first kappa shape index (κ1) is 16.5. The standard InChI is InChI=1S/C15H21ClN2O2/c1-18(2)15(20)10-7-12-5-8-13(9-6-12)17-14(19)4-3-11-16/h5-6,8-9H,3-4,7,10-11H2,1-2H3,(H,17,19). The smallest absolute Gasteiger partial charge is 0.224 e. The van der Waals surface area contributed by atoms with Gasteiger partial charge in [-0.05, 0) is 30.5 Å². The van der Waals surface area contributed by atoms with E-state index in [-0.39, 0.29) is 11.8 Å². The van der Waals surface area contributed by atoms with E-state index in [9.17, 15) is 9.59 Å². The Morgan fingerprint density at radius 1 is 1.15 bits per heavy atom. The van der Waals surface area contributed by atoms with E-state index in [1.165, 1.54) is 0 Å². The van der Waals surface area contributed by atoms with Crippen molar-refractivity contribution in [2.75, 3.05) is 25.3 Å². The van der Waals surface area contributed by atoms with Crippen LogP contribution in [0.2, 0.25) is 0 Å². The maximum absolute atomic E-state index is 11.5. The van der Waals surface area contributed by atoms with Crippen molar-refractivity contribution in [2.24, 2.45) is 0 Å². The van der Waals surface area contributed by atoms with Crippen molar-refractivity contribution in [3.63, 3.8) is 0 Å². The molecule has 0 unspecified atom stereocenters. The first-order chi connectivity index (χ1) is 9.52. The molecule has 0 atom stereocenters. The number of nitrogens with one attached hydrogen (secondary N) is 1. The summed E-state index contributed by atoms with van der Waals surface area (Å²) in [6, 6.07) is 7.57. The maximum atomic E-state index is 11.5. The van der Waals surface area contributed by atoms with Crippen molar-refractivity contribution in [1.82, 2.24) is 4.90 Å². The number of halogens is 1. The molecule has 1 aromatic rings. The fourth-order valence-corrected chi connectivity index (χ4v) is 1.81. The summed E-state index contributed by atoms with van der Waals surface area (Å²) in [6.07, 6.45) is 2.31. The lowest BCUT2D eigenvalue weighted by atomic mass is 10.1. The number of nitrogens with zero attached hydrogens (tertiary/aromatic N) is 1. The van der Waals surface area contributed by atoms with Gasteiger partial charge in [0, 0.05) is 38.5 Å². The van der Waals surface area contributed by atoms with Crippen LogP contribution in [0.1, 0.15) is 24.8 Å². The molecule has 0 radical (unpaired) electrons. The molecule has 0 aliphatic carbocycles. The summed E-state index contributed by atoms with van der Waals surface area (Å²) in [4.78, 5) is 24.6. The van der Waals surface area contributed by atoms with Gasteiger partial charge in [0.2, 0.25) is 11.8 Å². The molecule has 0 saturated heterocycles. The molecule has 0 aliphatic heterocycles. The van der Waals surface area contributed by atoms with Crippen LogP contribution in [0.5, 0.6) is 0 Å². The van der Waals surface area contributed by atoms with E-state index in [0.717, 1.165) is 11.3 Å². The molecule has 0 aromatic heterocycles. The third-order valence-corrected chi connectivity index (χ3v) is 3.17.